The third kappa shape index (κ3) is 2.13. The third-order valence-electron chi connectivity index (χ3n) is 3.30. The normalized spacial score (nSPS) is 11.2. The number of rotatable bonds is 2. The molecule has 3 aromatic rings. The number of alkyl halides is 1. The average Bonchev–Trinajstić information content (AvgIpc) is 2.79. The van der Waals surface area contributed by atoms with Gasteiger partial charge in [0.15, 0.2) is 5.65 Å². The van der Waals surface area contributed by atoms with E-state index < -0.39 is 0 Å². The maximum Gasteiger partial charge on any atom is 0.164 e. The van der Waals surface area contributed by atoms with Gasteiger partial charge in [0.25, 0.3) is 0 Å². The molecule has 0 radical (unpaired) electrons. The molecule has 2 aromatic heterocycles. The summed E-state index contributed by atoms with van der Waals surface area (Å²) in [7, 11) is 0. The van der Waals surface area contributed by atoms with Crippen LogP contribution in [0.15, 0.2) is 34.9 Å². The van der Waals surface area contributed by atoms with Gasteiger partial charge in [0.05, 0.1) is 11.6 Å². The predicted octanol–water partition coefficient (Wildman–Crippen LogP) is 4.54. The largest absolute Gasteiger partial charge is 0.279 e. The van der Waals surface area contributed by atoms with E-state index in [9.17, 15) is 0 Å². The first-order chi connectivity index (χ1) is 9.61. The number of hydrogen-bond donors (Lipinski definition) is 0. The summed E-state index contributed by atoms with van der Waals surface area (Å²) in [6.07, 6.45) is 1.85. The molecule has 0 fully saturated rings. The fraction of sp³-hybridized carbons (Fsp3) is 0.200. The number of aryl methyl sites for hydroxylation is 1. The summed E-state index contributed by atoms with van der Waals surface area (Å²) in [5.74, 6) is 1.16. The lowest BCUT2D eigenvalue weighted by atomic mass is 10.2. The van der Waals surface area contributed by atoms with Gasteiger partial charge < -0.3 is 0 Å². The second-order valence-electron chi connectivity index (χ2n) is 4.74. The molecule has 0 saturated heterocycles. The van der Waals surface area contributed by atoms with E-state index in [-0.39, 0.29) is 0 Å². The molecule has 0 aliphatic carbocycles. The van der Waals surface area contributed by atoms with Crippen LogP contribution in [0, 0.1) is 13.8 Å². The zero-order valence-electron chi connectivity index (χ0n) is 11.2. The first-order valence-corrected chi connectivity index (χ1v) is 7.60. The number of benzene rings is 1. The molecule has 0 unspecified atom stereocenters. The van der Waals surface area contributed by atoms with Crippen molar-refractivity contribution >= 4 is 38.7 Å². The van der Waals surface area contributed by atoms with Crippen LogP contribution in [0.2, 0.25) is 0 Å². The summed E-state index contributed by atoms with van der Waals surface area (Å²) in [5, 5.41) is 0. The Morgan fingerprint density at radius 3 is 2.85 bits per heavy atom. The summed E-state index contributed by atoms with van der Waals surface area (Å²) in [6.45, 7) is 4.08. The van der Waals surface area contributed by atoms with Crippen LogP contribution in [0.4, 0.5) is 0 Å². The minimum Gasteiger partial charge on any atom is -0.279 e. The van der Waals surface area contributed by atoms with Crippen LogP contribution in [0.3, 0.4) is 0 Å². The summed E-state index contributed by atoms with van der Waals surface area (Å²) in [5.41, 5.74) is 5.00. The van der Waals surface area contributed by atoms with Crippen molar-refractivity contribution in [3.8, 4) is 5.69 Å². The van der Waals surface area contributed by atoms with Gasteiger partial charge in [-0.1, -0.05) is 22.0 Å². The van der Waals surface area contributed by atoms with E-state index in [0.29, 0.717) is 5.88 Å². The Morgan fingerprint density at radius 1 is 1.30 bits per heavy atom. The van der Waals surface area contributed by atoms with Crippen molar-refractivity contribution in [2.45, 2.75) is 19.7 Å². The molecule has 0 saturated carbocycles. The molecule has 3 rings (SSSR count). The average molecular weight is 351 g/mol. The summed E-state index contributed by atoms with van der Waals surface area (Å²) in [4.78, 5) is 9.12. The predicted molar refractivity (Wildman–Crippen MR) is 85.6 cm³/mol. The van der Waals surface area contributed by atoms with Crippen LogP contribution in [0.25, 0.3) is 16.9 Å². The molecule has 1 aromatic carbocycles. The van der Waals surface area contributed by atoms with Crippen molar-refractivity contribution in [1.29, 1.82) is 0 Å². The van der Waals surface area contributed by atoms with E-state index in [1.165, 1.54) is 0 Å². The molecule has 0 N–H and O–H groups in total. The highest BCUT2D eigenvalue weighted by Gasteiger charge is 2.15. The summed E-state index contributed by atoms with van der Waals surface area (Å²) >= 11 is 9.63. The van der Waals surface area contributed by atoms with Gasteiger partial charge >= 0.3 is 0 Å². The molecule has 0 amide bonds. The Hall–Kier alpha value is -1.39. The molecule has 0 aliphatic rings. The molecule has 20 heavy (non-hydrogen) atoms. The van der Waals surface area contributed by atoms with Crippen LogP contribution in [-0.4, -0.2) is 14.5 Å². The molecule has 0 aliphatic heterocycles. The van der Waals surface area contributed by atoms with Crippen molar-refractivity contribution in [2.75, 3.05) is 0 Å². The second kappa shape index (κ2) is 5.19. The van der Waals surface area contributed by atoms with E-state index in [4.69, 9.17) is 11.6 Å². The molecular formula is C15H13BrClN3. The van der Waals surface area contributed by atoms with Gasteiger partial charge in [0.1, 0.15) is 11.3 Å². The zero-order chi connectivity index (χ0) is 14.3. The lowest BCUT2D eigenvalue weighted by molar-refractivity contribution is 0.959. The standard InChI is InChI=1S/C15H13BrClN3/c1-9-6-12-15(18-8-9)20(14(7-17)19-12)13-5-3-4-11(16)10(13)2/h3-6,8H,7H2,1-2H3. The van der Waals surface area contributed by atoms with E-state index in [0.717, 1.165) is 38.3 Å². The Balaban J connectivity index is 2.37. The van der Waals surface area contributed by atoms with Crippen molar-refractivity contribution < 1.29 is 0 Å². The first kappa shape index (κ1) is 13.6. The second-order valence-corrected chi connectivity index (χ2v) is 5.86. The van der Waals surface area contributed by atoms with E-state index in [1.54, 1.807) is 0 Å². The number of hydrogen-bond acceptors (Lipinski definition) is 2. The highest BCUT2D eigenvalue weighted by atomic mass is 79.9. The molecule has 2 heterocycles. The molecule has 0 bridgehead atoms. The quantitative estimate of drug-likeness (QED) is 0.635. The van der Waals surface area contributed by atoms with Gasteiger partial charge in [-0.15, -0.1) is 11.6 Å². The molecule has 3 nitrogen and oxygen atoms in total. The van der Waals surface area contributed by atoms with Gasteiger partial charge in [0.2, 0.25) is 0 Å². The smallest absolute Gasteiger partial charge is 0.164 e. The summed E-state index contributed by atoms with van der Waals surface area (Å²) in [6, 6.07) is 8.11. The number of fused-ring (bicyclic) bond motifs is 1. The summed E-state index contributed by atoms with van der Waals surface area (Å²) < 4.78 is 3.09. The van der Waals surface area contributed by atoms with E-state index in [1.807, 2.05) is 35.9 Å². The highest BCUT2D eigenvalue weighted by Crippen LogP contribution is 2.27. The van der Waals surface area contributed by atoms with Crippen LogP contribution < -0.4 is 0 Å². The van der Waals surface area contributed by atoms with Gasteiger partial charge in [-0.05, 0) is 43.2 Å². The molecule has 0 atom stereocenters. The van der Waals surface area contributed by atoms with Crippen molar-refractivity contribution in [1.82, 2.24) is 14.5 Å². The Bertz CT molecular complexity index is 795. The fourth-order valence-corrected chi connectivity index (χ4v) is 2.83. The van der Waals surface area contributed by atoms with Crippen molar-refractivity contribution in [3.05, 3.63) is 51.9 Å². The topological polar surface area (TPSA) is 30.7 Å². The van der Waals surface area contributed by atoms with Crippen LogP contribution in [0.5, 0.6) is 0 Å². The maximum atomic E-state index is 6.06. The van der Waals surface area contributed by atoms with Crippen LogP contribution in [0.1, 0.15) is 17.0 Å². The number of nitrogens with zero attached hydrogens (tertiary/aromatic N) is 3. The lowest BCUT2D eigenvalue weighted by Crippen LogP contribution is -2.02. The van der Waals surface area contributed by atoms with E-state index in [2.05, 4.69) is 38.9 Å². The van der Waals surface area contributed by atoms with E-state index >= 15 is 0 Å². The zero-order valence-corrected chi connectivity index (χ0v) is 13.5. The Kier molecular flexibility index (Phi) is 3.52. The number of halogens is 2. The number of pyridine rings is 1. The van der Waals surface area contributed by atoms with Crippen molar-refractivity contribution in [2.24, 2.45) is 0 Å². The molecule has 0 spiro atoms. The van der Waals surface area contributed by atoms with Crippen molar-refractivity contribution in [3.63, 3.8) is 0 Å². The lowest BCUT2D eigenvalue weighted by Gasteiger charge is -2.11. The molecule has 5 heteroatoms. The van der Waals surface area contributed by atoms with Gasteiger partial charge in [-0.3, -0.25) is 4.57 Å². The van der Waals surface area contributed by atoms with Crippen LogP contribution in [-0.2, 0) is 5.88 Å². The van der Waals surface area contributed by atoms with Crippen LogP contribution >= 0.6 is 27.5 Å². The highest BCUT2D eigenvalue weighted by molar-refractivity contribution is 9.10. The number of imidazole rings is 1. The Morgan fingerprint density at radius 2 is 2.10 bits per heavy atom. The first-order valence-electron chi connectivity index (χ1n) is 6.27. The Labute approximate surface area is 130 Å². The van der Waals surface area contributed by atoms with Gasteiger partial charge in [-0.2, -0.15) is 0 Å². The third-order valence-corrected chi connectivity index (χ3v) is 4.40. The van der Waals surface area contributed by atoms with Gasteiger partial charge in [0, 0.05) is 10.7 Å². The molecular weight excluding hydrogens is 338 g/mol. The minimum atomic E-state index is 0.349. The van der Waals surface area contributed by atoms with Gasteiger partial charge in [-0.25, -0.2) is 9.97 Å². The number of aromatic nitrogens is 3. The SMILES string of the molecule is Cc1cnc2c(c1)nc(CCl)n2-c1cccc(Br)c1C. The fourth-order valence-electron chi connectivity index (χ4n) is 2.29. The maximum absolute atomic E-state index is 6.06. The monoisotopic (exact) mass is 349 g/mol. The molecule has 102 valence electrons. The minimum absolute atomic E-state index is 0.349.